The van der Waals surface area contributed by atoms with Gasteiger partial charge in [-0.05, 0) is 26.7 Å². The summed E-state index contributed by atoms with van der Waals surface area (Å²) in [4.78, 5) is 29.4. The van der Waals surface area contributed by atoms with E-state index in [4.69, 9.17) is 10.8 Å². The van der Waals surface area contributed by atoms with Gasteiger partial charge in [-0.15, -0.1) is 0 Å². The molecule has 1 aromatic heterocycles. The number of carbonyl (C=O) groups excluding carboxylic acids is 1. The molecule has 2 rings (SSSR count). The van der Waals surface area contributed by atoms with Crippen LogP contribution in [0.15, 0.2) is 12.4 Å². The zero-order valence-electron chi connectivity index (χ0n) is 13.9. The van der Waals surface area contributed by atoms with Gasteiger partial charge in [0.2, 0.25) is 5.91 Å². The summed E-state index contributed by atoms with van der Waals surface area (Å²) in [6, 6.07) is -0.00208. The second kappa shape index (κ2) is 7.12. The first-order valence-corrected chi connectivity index (χ1v) is 8.10. The van der Waals surface area contributed by atoms with E-state index in [1.807, 2.05) is 18.7 Å². The second-order valence-corrected chi connectivity index (χ2v) is 6.63. The Morgan fingerprint density at radius 1 is 1.43 bits per heavy atom. The highest BCUT2D eigenvalue weighted by atomic mass is 16.4. The van der Waals surface area contributed by atoms with Crippen LogP contribution in [0.25, 0.3) is 0 Å². The lowest BCUT2D eigenvalue weighted by atomic mass is 9.85. The maximum Gasteiger partial charge on any atom is 0.305 e. The molecule has 7 nitrogen and oxygen atoms in total. The first-order valence-electron chi connectivity index (χ1n) is 8.10. The zero-order valence-corrected chi connectivity index (χ0v) is 13.9. The number of aromatic nitrogens is 2. The predicted octanol–water partition coefficient (Wildman–Crippen LogP) is 1.02. The third kappa shape index (κ3) is 4.10. The SMILES string of the molecule is CC1(C)C(N)CCCN1C(=O)CCc1nccn1CCC(=O)O. The van der Waals surface area contributed by atoms with Crippen LogP contribution in [0.2, 0.25) is 0 Å². The van der Waals surface area contributed by atoms with E-state index in [0.29, 0.717) is 19.4 Å². The van der Waals surface area contributed by atoms with E-state index in [2.05, 4.69) is 4.98 Å². The lowest BCUT2D eigenvalue weighted by Crippen LogP contribution is -2.61. The molecule has 1 aliphatic heterocycles. The molecule has 1 aliphatic rings. The fraction of sp³-hybridized carbons (Fsp3) is 0.688. The number of hydrogen-bond acceptors (Lipinski definition) is 4. The number of carbonyl (C=O) groups is 2. The smallest absolute Gasteiger partial charge is 0.305 e. The van der Waals surface area contributed by atoms with E-state index in [1.54, 1.807) is 17.0 Å². The Kier molecular flexibility index (Phi) is 5.41. The molecule has 0 aliphatic carbocycles. The standard InChI is InChI=1S/C16H26N4O3/c1-16(2)12(17)4-3-9-20(16)14(21)6-5-13-18-8-11-19(13)10-7-15(22)23/h8,11-12H,3-7,9-10,17H2,1-2H3,(H,22,23). The fourth-order valence-electron chi connectivity index (χ4n) is 3.10. The molecule has 1 aromatic rings. The summed E-state index contributed by atoms with van der Waals surface area (Å²) in [6.07, 6.45) is 6.19. The molecule has 1 fully saturated rings. The van der Waals surface area contributed by atoms with E-state index in [-0.39, 0.29) is 23.9 Å². The number of nitrogens with two attached hydrogens (primary N) is 1. The first-order chi connectivity index (χ1) is 10.8. The summed E-state index contributed by atoms with van der Waals surface area (Å²) >= 11 is 0. The Labute approximate surface area is 136 Å². The van der Waals surface area contributed by atoms with Gasteiger partial charge in [-0.3, -0.25) is 9.59 Å². The largest absolute Gasteiger partial charge is 0.481 e. The van der Waals surface area contributed by atoms with Gasteiger partial charge in [0.1, 0.15) is 5.82 Å². The van der Waals surface area contributed by atoms with Crippen LogP contribution in [0.1, 0.15) is 45.4 Å². The average molecular weight is 322 g/mol. The quantitative estimate of drug-likeness (QED) is 0.814. The van der Waals surface area contributed by atoms with Crippen LogP contribution >= 0.6 is 0 Å². The van der Waals surface area contributed by atoms with Crippen LogP contribution in [-0.4, -0.2) is 49.6 Å². The van der Waals surface area contributed by atoms with Gasteiger partial charge in [0.25, 0.3) is 0 Å². The first kappa shape index (κ1) is 17.5. The van der Waals surface area contributed by atoms with Gasteiger partial charge in [0.05, 0.1) is 12.0 Å². The number of amides is 1. The third-order valence-corrected chi connectivity index (χ3v) is 4.73. The van der Waals surface area contributed by atoms with Crippen LogP contribution in [0, 0.1) is 0 Å². The van der Waals surface area contributed by atoms with E-state index in [1.165, 1.54) is 0 Å². The number of imidazole rings is 1. The van der Waals surface area contributed by atoms with E-state index in [0.717, 1.165) is 25.2 Å². The van der Waals surface area contributed by atoms with E-state index >= 15 is 0 Å². The van der Waals surface area contributed by atoms with Crippen LogP contribution in [0.5, 0.6) is 0 Å². The minimum absolute atomic E-state index is 0.00208. The molecule has 23 heavy (non-hydrogen) atoms. The van der Waals surface area contributed by atoms with Gasteiger partial charge in [-0.1, -0.05) is 0 Å². The van der Waals surface area contributed by atoms with Crippen molar-refractivity contribution in [2.45, 2.75) is 64.1 Å². The Morgan fingerprint density at radius 3 is 2.87 bits per heavy atom. The molecule has 1 amide bonds. The van der Waals surface area contributed by atoms with Crippen molar-refractivity contribution in [3.05, 3.63) is 18.2 Å². The minimum atomic E-state index is -0.843. The van der Waals surface area contributed by atoms with Crippen molar-refractivity contribution in [1.29, 1.82) is 0 Å². The van der Waals surface area contributed by atoms with Crippen molar-refractivity contribution in [2.75, 3.05) is 6.54 Å². The summed E-state index contributed by atoms with van der Waals surface area (Å²) in [5.74, 6) is -0.0126. The van der Waals surface area contributed by atoms with Crippen LogP contribution in [-0.2, 0) is 22.6 Å². The summed E-state index contributed by atoms with van der Waals surface area (Å²) in [6.45, 7) is 5.15. The third-order valence-electron chi connectivity index (χ3n) is 4.73. The normalized spacial score (nSPS) is 20.5. The molecular weight excluding hydrogens is 296 g/mol. The number of hydrogen-bond donors (Lipinski definition) is 2. The number of likely N-dealkylation sites (tertiary alicyclic amines) is 1. The van der Waals surface area contributed by atoms with Crippen molar-refractivity contribution in [2.24, 2.45) is 5.73 Å². The number of rotatable bonds is 6. The molecule has 0 spiro atoms. The van der Waals surface area contributed by atoms with Gasteiger partial charge in [-0.25, -0.2) is 4.98 Å². The highest BCUT2D eigenvalue weighted by Crippen LogP contribution is 2.27. The summed E-state index contributed by atoms with van der Waals surface area (Å²) in [5, 5.41) is 8.77. The molecule has 3 N–H and O–H groups in total. The second-order valence-electron chi connectivity index (χ2n) is 6.63. The Bertz CT molecular complexity index is 567. The van der Waals surface area contributed by atoms with Crippen molar-refractivity contribution in [3.63, 3.8) is 0 Å². The van der Waals surface area contributed by atoms with Crippen molar-refractivity contribution >= 4 is 11.9 Å². The minimum Gasteiger partial charge on any atom is -0.481 e. The van der Waals surface area contributed by atoms with Gasteiger partial charge >= 0.3 is 5.97 Å². The molecule has 1 saturated heterocycles. The van der Waals surface area contributed by atoms with Crippen molar-refractivity contribution < 1.29 is 14.7 Å². The molecule has 0 bridgehead atoms. The molecule has 0 saturated carbocycles. The van der Waals surface area contributed by atoms with Crippen LogP contribution in [0.3, 0.4) is 0 Å². The molecule has 0 radical (unpaired) electrons. The lowest BCUT2D eigenvalue weighted by Gasteiger charge is -2.46. The van der Waals surface area contributed by atoms with Gasteiger partial charge < -0.3 is 20.3 Å². The van der Waals surface area contributed by atoms with Crippen LogP contribution in [0.4, 0.5) is 0 Å². The van der Waals surface area contributed by atoms with Crippen molar-refractivity contribution in [1.82, 2.24) is 14.5 Å². The Balaban J connectivity index is 1.94. The molecule has 1 atom stereocenters. The molecule has 7 heteroatoms. The van der Waals surface area contributed by atoms with E-state index < -0.39 is 5.97 Å². The highest BCUT2D eigenvalue weighted by Gasteiger charge is 2.38. The maximum absolute atomic E-state index is 12.6. The molecule has 128 valence electrons. The van der Waals surface area contributed by atoms with Crippen LogP contribution < -0.4 is 5.73 Å². The predicted molar refractivity (Wildman–Crippen MR) is 85.8 cm³/mol. The number of aliphatic carboxylic acids is 1. The van der Waals surface area contributed by atoms with Gasteiger partial charge in [0.15, 0.2) is 0 Å². The molecule has 0 aromatic carbocycles. The number of carboxylic acids is 1. The summed E-state index contributed by atoms with van der Waals surface area (Å²) < 4.78 is 1.80. The highest BCUT2D eigenvalue weighted by molar-refractivity contribution is 5.77. The Hall–Kier alpha value is -1.89. The van der Waals surface area contributed by atoms with E-state index in [9.17, 15) is 9.59 Å². The summed E-state index contributed by atoms with van der Waals surface area (Å²) in [5.41, 5.74) is 5.83. The number of piperidine rings is 1. The molecule has 1 unspecified atom stereocenters. The Morgan fingerprint density at radius 2 is 2.17 bits per heavy atom. The molecule has 2 heterocycles. The average Bonchev–Trinajstić information content (AvgIpc) is 2.93. The maximum atomic E-state index is 12.6. The molecular formula is C16H26N4O3. The number of aryl methyl sites for hydroxylation is 2. The number of carboxylic acid groups (broad SMARTS) is 1. The van der Waals surface area contributed by atoms with Crippen molar-refractivity contribution in [3.8, 4) is 0 Å². The monoisotopic (exact) mass is 322 g/mol. The lowest BCUT2D eigenvalue weighted by molar-refractivity contribution is -0.139. The fourth-order valence-corrected chi connectivity index (χ4v) is 3.10. The number of nitrogens with zero attached hydrogens (tertiary/aromatic N) is 3. The van der Waals surface area contributed by atoms with Gasteiger partial charge in [0, 0.05) is 44.4 Å². The zero-order chi connectivity index (χ0) is 17.0. The summed E-state index contributed by atoms with van der Waals surface area (Å²) in [7, 11) is 0. The van der Waals surface area contributed by atoms with Gasteiger partial charge in [-0.2, -0.15) is 0 Å². The topological polar surface area (TPSA) is 101 Å².